The van der Waals surface area contributed by atoms with Crippen LogP contribution < -0.4 is 18.3 Å². The standard InChI is InChI=1S/C20H14N5.2C15H12N5.C14H9N4S/c1-2-4-15(5-3-1)25-18-10-16-6-8-22-13-24(16)20(18)23-12-14-11-21-9-7-17(14)19(23)25;2*1-18-13-6-11-2-4-17-9-20(11)15(13)19-8-10-7-16-5-3-12(10)14(18)19;1-2-15-6-9-8-18-12-5-10-7-16-3-4-17(10)14(12)19-13(18)11(1)9/h1-11,13H,12H2;2*2-7,9H,8H2,1H3;1-7H,8H2/q4*+1/i;1D3;;. The lowest BCUT2D eigenvalue weighted by Crippen LogP contribution is -2.32. The molecule has 17 aromatic rings. The highest BCUT2D eigenvalue weighted by atomic mass is 32.1. The summed E-state index contributed by atoms with van der Waals surface area (Å²) in [5, 5.41) is 1.33. The van der Waals surface area contributed by atoms with Gasteiger partial charge in [0.2, 0.25) is 23.0 Å². The predicted octanol–water partition coefficient (Wildman–Crippen LogP) is 8.32. The summed E-state index contributed by atoms with van der Waals surface area (Å²) < 4.78 is 47.6. The molecule has 0 aliphatic carbocycles. The van der Waals surface area contributed by atoms with Gasteiger partial charge in [0.15, 0.2) is 46.9 Å². The van der Waals surface area contributed by atoms with Gasteiger partial charge in [-0.05, 0) is 65.9 Å². The lowest BCUT2D eigenvalue weighted by molar-refractivity contribution is -0.648. The van der Waals surface area contributed by atoms with E-state index in [-0.39, 0.29) is 0 Å². The third kappa shape index (κ3) is 6.61. The minimum Gasteiger partial charge on any atom is -0.300 e. The molecule has 4 aliphatic heterocycles. The van der Waals surface area contributed by atoms with Gasteiger partial charge >= 0.3 is 0 Å². The van der Waals surface area contributed by atoms with Crippen molar-refractivity contribution >= 4 is 77.2 Å². The SMILES string of the molecule is Cn1c2[n+](c3c1cc1ccncn13)Cc1cnccc1-2.[2H]C([2H])([2H])n1c2[n+](c3c1cc1ccncn13)Cc1cnccc1-2.c1cc2c(cn1)C[n+]1c-2sc2c1cc1cnccn12.c1ccc(-n2c3[n+](c4c2cc2ccncn24)Cc2cnccc2-3)cc1. The largest absolute Gasteiger partial charge is 0.300 e. The summed E-state index contributed by atoms with van der Waals surface area (Å²) in [5.74, 6) is 3.14. The van der Waals surface area contributed by atoms with Gasteiger partial charge in [-0.1, -0.05) is 18.2 Å². The summed E-state index contributed by atoms with van der Waals surface area (Å²) in [4.78, 5) is 35.1. The van der Waals surface area contributed by atoms with Crippen molar-refractivity contribution in [2.24, 2.45) is 14.0 Å². The van der Waals surface area contributed by atoms with Crippen LogP contribution in [0.4, 0.5) is 0 Å². The Bertz CT molecular complexity index is 5700. The first kappa shape index (κ1) is 43.6. The fraction of sp³-hybridized carbons (Fsp3) is 0.0938. The Morgan fingerprint density at radius 2 is 0.893 bits per heavy atom. The highest BCUT2D eigenvalue weighted by Gasteiger charge is 2.38. The molecule has 0 N–H and O–H groups in total. The van der Waals surface area contributed by atoms with Crippen LogP contribution in [0.5, 0.6) is 0 Å². The van der Waals surface area contributed by atoms with E-state index in [1.54, 1.807) is 24.9 Å². The molecule has 0 saturated carbocycles. The van der Waals surface area contributed by atoms with Gasteiger partial charge in [0.1, 0.15) is 22.2 Å². The lowest BCUT2D eigenvalue weighted by atomic mass is 10.1. The van der Waals surface area contributed by atoms with Gasteiger partial charge in [0.25, 0.3) is 21.9 Å². The van der Waals surface area contributed by atoms with Crippen molar-refractivity contribution < 1.29 is 22.4 Å². The Labute approximate surface area is 484 Å². The minimum absolute atomic E-state index is 0.610. The van der Waals surface area contributed by atoms with Crippen molar-refractivity contribution in [2.75, 3.05) is 0 Å². The van der Waals surface area contributed by atoms with Crippen molar-refractivity contribution in [3.8, 4) is 50.4 Å². The van der Waals surface area contributed by atoms with Crippen molar-refractivity contribution in [2.45, 2.75) is 26.2 Å². The van der Waals surface area contributed by atoms with Gasteiger partial charge in [-0.25, -0.2) is 46.4 Å². The number of imidazole rings is 3. The molecule has 400 valence electrons. The Hall–Kier alpha value is -11.1. The van der Waals surface area contributed by atoms with Crippen LogP contribution >= 0.6 is 11.3 Å². The second kappa shape index (κ2) is 17.7. The Kier molecular flexibility index (Phi) is 9.19. The van der Waals surface area contributed by atoms with Gasteiger partial charge in [-0.3, -0.25) is 38.5 Å². The van der Waals surface area contributed by atoms with E-state index in [1.165, 1.54) is 87.1 Å². The van der Waals surface area contributed by atoms with E-state index in [0.717, 1.165) is 64.3 Å². The van der Waals surface area contributed by atoms with Gasteiger partial charge in [0.05, 0.1) is 71.7 Å². The number of hydrogen-bond acceptors (Lipinski definition) is 9. The first-order valence-electron chi connectivity index (χ1n) is 28.9. The van der Waals surface area contributed by atoms with Crippen molar-refractivity contribution in [1.82, 2.24) is 71.2 Å². The monoisotopic (exact) mass is 1120 g/mol. The molecule has 0 unspecified atom stereocenters. The normalized spacial score (nSPS) is 13.6. The molecular formula is C64H47N19S+4. The van der Waals surface area contributed by atoms with Crippen LogP contribution in [-0.2, 0) is 40.2 Å². The number of pyridine rings is 4. The second-order valence-electron chi connectivity index (χ2n) is 21.3. The molecule has 0 amide bonds. The molecule has 0 fully saturated rings. The van der Waals surface area contributed by atoms with Crippen LogP contribution in [0.15, 0.2) is 203 Å². The topological polar surface area (TPSA) is 151 Å². The molecule has 4 aliphatic rings. The molecule has 84 heavy (non-hydrogen) atoms. The van der Waals surface area contributed by atoms with Gasteiger partial charge in [-0.2, -0.15) is 4.57 Å². The molecule has 0 radical (unpaired) electrons. The molecular weight excluding hydrogens is 1070 g/mol. The van der Waals surface area contributed by atoms with Gasteiger partial charge in [-0.15, -0.1) is 0 Å². The third-order valence-electron chi connectivity index (χ3n) is 16.9. The quantitative estimate of drug-likeness (QED) is 0.149. The zero-order valence-electron chi connectivity index (χ0n) is 47.8. The summed E-state index contributed by atoms with van der Waals surface area (Å²) in [5.41, 5.74) is 22.8. The van der Waals surface area contributed by atoms with Crippen molar-refractivity contribution in [3.05, 3.63) is 225 Å². The molecule has 19 nitrogen and oxygen atoms in total. The number of thiazole rings is 1. The summed E-state index contributed by atoms with van der Waals surface area (Å²) in [7, 11) is 2.12. The zero-order valence-corrected chi connectivity index (χ0v) is 45.6. The molecule has 21 rings (SSSR count). The number of aromatic nitrogens is 19. The molecule has 0 spiro atoms. The smallest absolute Gasteiger partial charge is 0.275 e. The first-order chi connectivity index (χ1) is 42.7. The summed E-state index contributed by atoms with van der Waals surface area (Å²) >= 11 is 1.84. The van der Waals surface area contributed by atoms with E-state index in [2.05, 4.69) is 150 Å². The zero-order chi connectivity index (χ0) is 57.8. The minimum atomic E-state index is -2.26. The predicted molar refractivity (Wildman–Crippen MR) is 316 cm³/mol. The van der Waals surface area contributed by atoms with Gasteiger partial charge in [0, 0.05) is 127 Å². The molecule has 20 heterocycles. The molecule has 20 heteroatoms. The second-order valence-corrected chi connectivity index (χ2v) is 22.3. The van der Waals surface area contributed by atoms with Crippen LogP contribution in [-0.4, -0.2) is 71.2 Å². The maximum Gasteiger partial charge on any atom is 0.275 e. The molecule has 1 aromatic carbocycles. The first-order valence-corrected chi connectivity index (χ1v) is 28.2. The average Bonchev–Trinajstić information content (AvgIpc) is 1.66. The van der Waals surface area contributed by atoms with Crippen LogP contribution in [0.2, 0.25) is 0 Å². The van der Waals surface area contributed by atoms with Crippen LogP contribution in [0, 0.1) is 0 Å². The average molecular weight is 1120 g/mol. The maximum atomic E-state index is 8.00. The van der Waals surface area contributed by atoms with E-state index in [9.17, 15) is 0 Å². The van der Waals surface area contributed by atoms with E-state index in [1.807, 2.05) is 131 Å². The molecule has 0 atom stereocenters. The van der Waals surface area contributed by atoms with Gasteiger partial charge < -0.3 is 0 Å². The Morgan fingerprint density at radius 1 is 0.429 bits per heavy atom. The number of nitrogens with zero attached hydrogens (tertiary/aromatic N) is 19. The molecule has 16 aromatic heterocycles. The number of rotatable bonds is 1. The van der Waals surface area contributed by atoms with E-state index in [0.29, 0.717) is 17.9 Å². The summed E-state index contributed by atoms with van der Waals surface area (Å²) in [6.45, 7) is 0.969. The highest BCUT2D eigenvalue weighted by Crippen LogP contribution is 2.38. The van der Waals surface area contributed by atoms with Crippen molar-refractivity contribution in [3.63, 3.8) is 0 Å². The fourth-order valence-corrected chi connectivity index (χ4v) is 14.5. The number of aryl methyl sites for hydroxylation is 2. The van der Waals surface area contributed by atoms with Crippen molar-refractivity contribution in [1.29, 1.82) is 0 Å². The van der Waals surface area contributed by atoms with E-state index < -0.39 is 6.98 Å². The Balaban J connectivity index is 0.0000000877. The summed E-state index contributed by atoms with van der Waals surface area (Å²) in [6, 6.07) is 33.2. The summed E-state index contributed by atoms with van der Waals surface area (Å²) in [6.07, 6.45) is 31.6. The van der Waals surface area contributed by atoms with E-state index >= 15 is 0 Å². The maximum absolute atomic E-state index is 8.00. The van der Waals surface area contributed by atoms with Crippen LogP contribution in [0.3, 0.4) is 0 Å². The molecule has 0 saturated heterocycles. The third-order valence-corrected chi connectivity index (χ3v) is 18.1. The lowest BCUT2D eigenvalue weighted by Gasteiger charge is -2.03. The van der Waals surface area contributed by atoms with Crippen LogP contribution in [0.1, 0.15) is 26.4 Å². The van der Waals surface area contributed by atoms with Crippen LogP contribution in [0.25, 0.3) is 116 Å². The highest BCUT2D eigenvalue weighted by molar-refractivity contribution is 7.20. The number of para-hydroxylation sites is 1. The number of fused-ring (bicyclic) bond motifs is 28. The van der Waals surface area contributed by atoms with E-state index in [4.69, 9.17) is 4.11 Å². The fourth-order valence-electron chi connectivity index (χ4n) is 13.2. The molecule has 0 bridgehead atoms. The number of benzene rings is 1. The Morgan fingerprint density at radius 3 is 1.48 bits per heavy atom. The number of hydrogen-bond donors (Lipinski definition) is 0.